The Kier molecular flexibility index (Phi) is 7.23. The number of halogens is 3. The van der Waals surface area contributed by atoms with Gasteiger partial charge in [0.2, 0.25) is 0 Å². The van der Waals surface area contributed by atoms with Gasteiger partial charge in [0.05, 0.1) is 17.1 Å². The van der Waals surface area contributed by atoms with Crippen LogP contribution in [0.2, 0.25) is 0 Å². The number of anilines is 1. The molecule has 0 bridgehead atoms. The second-order valence-electron chi connectivity index (χ2n) is 7.94. The Bertz CT molecular complexity index is 1020. The van der Waals surface area contributed by atoms with E-state index in [2.05, 4.69) is 0 Å². The summed E-state index contributed by atoms with van der Waals surface area (Å²) in [5.41, 5.74) is -0.324. The molecule has 11 heteroatoms. The fourth-order valence-corrected chi connectivity index (χ4v) is 3.91. The van der Waals surface area contributed by atoms with Gasteiger partial charge in [0.1, 0.15) is 11.3 Å². The number of piperazine rings is 1. The summed E-state index contributed by atoms with van der Waals surface area (Å²) in [4.78, 5) is 29.3. The Balaban J connectivity index is 2.16. The molecular formula is C22H25F3N4O4. The van der Waals surface area contributed by atoms with E-state index in [0.717, 1.165) is 12.1 Å². The van der Waals surface area contributed by atoms with Crippen molar-refractivity contribution in [2.24, 2.45) is 0 Å². The lowest BCUT2D eigenvalue weighted by molar-refractivity contribution is -0.384. The number of nitro groups is 1. The van der Waals surface area contributed by atoms with Crippen LogP contribution in [0.25, 0.3) is 11.1 Å². The van der Waals surface area contributed by atoms with Crippen LogP contribution < -0.4 is 4.90 Å². The summed E-state index contributed by atoms with van der Waals surface area (Å²) in [5, 5.41) is 21.3. The molecule has 2 aromatic carbocycles. The summed E-state index contributed by atoms with van der Waals surface area (Å²) < 4.78 is 39.1. The van der Waals surface area contributed by atoms with Crippen molar-refractivity contribution in [3.63, 3.8) is 0 Å². The van der Waals surface area contributed by atoms with E-state index < -0.39 is 22.6 Å². The summed E-state index contributed by atoms with van der Waals surface area (Å²) in [6.45, 7) is 2.33. The van der Waals surface area contributed by atoms with E-state index in [4.69, 9.17) is 0 Å². The molecule has 0 aromatic heterocycles. The molecule has 3 rings (SSSR count). The molecule has 0 aliphatic carbocycles. The van der Waals surface area contributed by atoms with Crippen LogP contribution in [0.3, 0.4) is 0 Å². The highest BCUT2D eigenvalue weighted by molar-refractivity contribution is 6.03. The predicted molar refractivity (Wildman–Crippen MR) is 117 cm³/mol. The van der Waals surface area contributed by atoms with Crippen molar-refractivity contribution >= 4 is 17.3 Å². The molecule has 2 aromatic rings. The van der Waals surface area contributed by atoms with Crippen molar-refractivity contribution in [2.75, 3.05) is 58.3 Å². The van der Waals surface area contributed by atoms with E-state index >= 15 is 0 Å². The lowest BCUT2D eigenvalue weighted by Gasteiger charge is -2.36. The molecule has 1 saturated heterocycles. The van der Waals surface area contributed by atoms with E-state index in [0.29, 0.717) is 43.9 Å². The van der Waals surface area contributed by atoms with Gasteiger partial charge in [0.25, 0.3) is 5.91 Å². The van der Waals surface area contributed by atoms with E-state index in [9.17, 15) is 33.2 Å². The van der Waals surface area contributed by atoms with Crippen molar-refractivity contribution in [1.82, 2.24) is 9.80 Å². The first-order valence-corrected chi connectivity index (χ1v) is 10.3. The Morgan fingerprint density at radius 2 is 1.70 bits per heavy atom. The fraction of sp³-hybridized carbons (Fsp3) is 0.409. The van der Waals surface area contributed by atoms with E-state index in [1.807, 2.05) is 4.90 Å². The minimum absolute atomic E-state index is 0.0101. The zero-order chi connectivity index (χ0) is 24.3. The second kappa shape index (κ2) is 9.75. The second-order valence-corrected chi connectivity index (χ2v) is 7.94. The Morgan fingerprint density at radius 1 is 1.09 bits per heavy atom. The third-order valence-electron chi connectivity index (χ3n) is 5.60. The molecule has 1 aliphatic rings. The number of amides is 1. The van der Waals surface area contributed by atoms with Crippen LogP contribution >= 0.6 is 0 Å². The highest BCUT2D eigenvalue weighted by Gasteiger charge is 2.34. The standard InChI is InChI=1S/C22H25F3N4O4/c1-26(2)21(31)18-8-7-17(15-3-5-16(6-4-15)22(23,24)25)19(20(18)29(32)33)28-11-9-27(10-12-28)13-14-30/h3-8,30H,9-14H2,1-2H3. The lowest BCUT2D eigenvalue weighted by Crippen LogP contribution is -2.47. The number of nitrogens with zero attached hydrogens (tertiary/aromatic N) is 4. The maximum absolute atomic E-state index is 13.0. The summed E-state index contributed by atoms with van der Waals surface area (Å²) in [6.07, 6.45) is -4.50. The van der Waals surface area contributed by atoms with E-state index in [1.165, 1.54) is 37.2 Å². The van der Waals surface area contributed by atoms with Gasteiger partial charge in [-0.05, 0) is 23.8 Å². The van der Waals surface area contributed by atoms with Gasteiger partial charge in [0, 0.05) is 52.4 Å². The van der Waals surface area contributed by atoms with Gasteiger partial charge in [0.15, 0.2) is 0 Å². The molecule has 178 valence electrons. The first-order valence-electron chi connectivity index (χ1n) is 10.3. The van der Waals surface area contributed by atoms with E-state index in [-0.39, 0.29) is 23.5 Å². The summed E-state index contributed by atoms with van der Waals surface area (Å²) in [5.74, 6) is -0.541. The Morgan fingerprint density at radius 3 is 2.18 bits per heavy atom. The first kappa shape index (κ1) is 24.5. The van der Waals surface area contributed by atoms with Crippen LogP contribution in [-0.4, -0.2) is 79.2 Å². The number of nitro benzene ring substituents is 1. The van der Waals surface area contributed by atoms with Crippen molar-refractivity contribution in [3.05, 3.63) is 57.6 Å². The maximum Gasteiger partial charge on any atom is 0.416 e. The van der Waals surface area contributed by atoms with Crippen molar-refractivity contribution in [2.45, 2.75) is 6.18 Å². The van der Waals surface area contributed by atoms with Crippen molar-refractivity contribution in [1.29, 1.82) is 0 Å². The smallest absolute Gasteiger partial charge is 0.395 e. The van der Waals surface area contributed by atoms with Crippen LogP contribution in [0, 0.1) is 10.1 Å². The third kappa shape index (κ3) is 5.25. The summed E-state index contributed by atoms with van der Waals surface area (Å²) >= 11 is 0. The number of alkyl halides is 3. The molecule has 1 amide bonds. The Labute approximate surface area is 189 Å². The zero-order valence-corrected chi connectivity index (χ0v) is 18.3. The summed E-state index contributed by atoms with van der Waals surface area (Å²) in [7, 11) is 2.98. The number of hydrogen-bond acceptors (Lipinski definition) is 6. The molecule has 1 fully saturated rings. The van der Waals surface area contributed by atoms with Crippen LogP contribution in [0.5, 0.6) is 0 Å². The largest absolute Gasteiger partial charge is 0.416 e. The van der Waals surface area contributed by atoms with Gasteiger partial charge >= 0.3 is 11.9 Å². The number of hydrogen-bond donors (Lipinski definition) is 1. The van der Waals surface area contributed by atoms with Crippen molar-refractivity contribution in [3.8, 4) is 11.1 Å². The van der Waals surface area contributed by atoms with Crippen LogP contribution in [0.15, 0.2) is 36.4 Å². The molecule has 1 N–H and O–H groups in total. The zero-order valence-electron chi connectivity index (χ0n) is 18.3. The topological polar surface area (TPSA) is 90.2 Å². The molecule has 1 aliphatic heterocycles. The van der Waals surface area contributed by atoms with Crippen LogP contribution in [0.1, 0.15) is 15.9 Å². The number of aliphatic hydroxyl groups excluding tert-OH is 1. The molecule has 1 heterocycles. The molecule has 0 saturated carbocycles. The average molecular weight is 466 g/mol. The monoisotopic (exact) mass is 466 g/mol. The summed E-state index contributed by atoms with van der Waals surface area (Å²) in [6, 6.07) is 7.31. The first-order chi connectivity index (χ1) is 15.5. The van der Waals surface area contributed by atoms with Gasteiger partial charge in [-0.15, -0.1) is 0 Å². The minimum atomic E-state index is -4.50. The highest BCUT2D eigenvalue weighted by atomic mass is 19.4. The molecule has 0 atom stereocenters. The van der Waals surface area contributed by atoms with Gasteiger partial charge in [-0.1, -0.05) is 18.2 Å². The molecule has 0 spiro atoms. The van der Waals surface area contributed by atoms with Gasteiger partial charge in [-0.3, -0.25) is 19.8 Å². The molecular weight excluding hydrogens is 441 g/mol. The number of benzene rings is 2. The molecule has 33 heavy (non-hydrogen) atoms. The van der Waals surface area contributed by atoms with Crippen LogP contribution in [0.4, 0.5) is 24.5 Å². The molecule has 8 nitrogen and oxygen atoms in total. The minimum Gasteiger partial charge on any atom is -0.395 e. The fourth-order valence-electron chi connectivity index (χ4n) is 3.91. The highest BCUT2D eigenvalue weighted by Crippen LogP contribution is 2.42. The Hall–Kier alpha value is -3.18. The number of rotatable bonds is 6. The van der Waals surface area contributed by atoms with Gasteiger partial charge < -0.3 is 14.9 Å². The quantitative estimate of drug-likeness (QED) is 0.520. The normalized spacial score (nSPS) is 14.9. The number of carbonyl (C=O) groups is 1. The number of aliphatic hydroxyl groups is 1. The maximum atomic E-state index is 13.0. The third-order valence-corrected chi connectivity index (χ3v) is 5.60. The predicted octanol–water partition coefficient (Wildman–Crippen LogP) is 3.10. The SMILES string of the molecule is CN(C)C(=O)c1ccc(-c2ccc(C(F)(F)F)cc2)c(N2CCN(CCO)CC2)c1[N+](=O)[O-]. The average Bonchev–Trinajstić information content (AvgIpc) is 2.77. The number of β-amino-alcohol motifs (C(OH)–C–C–N with tert-alkyl or cyclic N) is 1. The lowest BCUT2D eigenvalue weighted by atomic mass is 9.96. The van der Waals surface area contributed by atoms with Crippen LogP contribution in [-0.2, 0) is 6.18 Å². The molecule has 0 radical (unpaired) electrons. The number of carbonyl (C=O) groups excluding carboxylic acids is 1. The van der Waals surface area contributed by atoms with Crippen molar-refractivity contribution < 1.29 is 28.0 Å². The van der Waals surface area contributed by atoms with Gasteiger partial charge in [-0.2, -0.15) is 13.2 Å². The molecule has 0 unspecified atom stereocenters. The van der Waals surface area contributed by atoms with E-state index in [1.54, 1.807) is 11.0 Å². The van der Waals surface area contributed by atoms with Gasteiger partial charge in [-0.25, -0.2) is 0 Å².